The molecule has 6 nitrogen and oxygen atoms in total. The maximum atomic E-state index is 13.2. The van der Waals surface area contributed by atoms with E-state index in [2.05, 4.69) is 10.1 Å². The maximum Gasteiger partial charge on any atom is 0.259 e. The molecular formula is C15H11F2N3O3S. The Hall–Kier alpha value is -2.65. The standard InChI is InChI=1S/C15H11F2N3O3S/c16-11-6-5-9(7-12(11)17)8-14-19-15(23-20-14)10-3-1-2-4-13(10)24(18,21)22/h1-7H,8H2,(H2,18,21,22). The molecule has 124 valence electrons. The normalized spacial score (nSPS) is 11.6. The fourth-order valence-electron chi connectivity index (χ4n) is 2.16. The van der Waals surface area contributed by atoms with Crippen molar-refractivity contribution in [2.45, 2.75) is 11.3 Å². The molecule has 0 bridgehead atoms. The average Bonchev–Trinajstić information content (AvgIpc) is 2.98. The van der Waals surface area contributed by atoms with Crippen LogP contribution in [0.2, 0.25) is 0 Å². The largest absolute Gasteiger partial charge is 0.334 e. The molecule has 0 saturated carbocycles. The van der Waals surface area contributed by atoms with Gasteiger partial charge in [0.25, 0.3) is 5.89 Å². The van der Waals surface area contributed by atoms with E-state index in [9.17, 15) is 17.2 Å². The Morgan fingerprint density at radius 3 is 2.54 bits per heavy atom. The van der Waals surface area contributed by atoms with E-state index in [-0.39, 0.29) is 28.6 Å². The number of hydrogen-bond donors (Lipinski definition) is 1. The summed E-state index contributed by atoms with van der Waals surface area (Å²) >= 11 is 0. The van der Waals surface area contributed by atoms with Gasteiger partial charge in [0.05, 0.1) is 10.5 Å². The van der Waals surface area contributed by atoms with E-state index < -0.39 is 21.7 Å². The van der Waals surface area contributed by atoms with Crippen molar-refractivity contribution in [2.24, 2.45) is 5.14 Å². The summed E-state index contributed by atoms with van der Waals surface area (Å²) in [5, 5.41) is 8.89. The summed E-state index contributed by atoms with van der Waals surface area (Å²) in [6.45, 7) is 0. The maximum absolute atomic E-state index is 13.2. The minimum atomic E-state index is -3.96. The fraction of sp³-hybridized carbons (Fsp3) is 0.0667. The summed E-state index contributed by atoms with van der Waals surface area (Å²) in [5.74, 6) is -1.76. The van der Waals surface area contributed by atoms with E-state index >= 15 is 0 Å². The summed E-state index contributed by atoms with van der Waals surface area (Å²) in [6, 6.07) is 9.35. The van der Waals surface area contributed by atoms with Gasteiger partial charge in [-0.05, 0) is 29.8 Å². The van der Waals surface area contributed by atoms with Gasteiger partial charge in [-0.25, -0.2) is 22.3 Å². The lowest BCUT2D eigenvalue weighted by atomic mass is 10.1. The zero-order chi connectivity index (χ0) is 17.3. The van der Waals surface area contributed by atoms with Crippen molar-refractivity contribution in [3.05, 3.63) is 65.5 Å². The number of benzene rings is 2. The molecule has 3 aromatic rings. The van der Waals surface area contributed by atoms with Gasteiger partial charge in [-0.15, -0.1) is 0 Å². The van der Waals surface area contributed by atoms with Gasteiger partial charge in [0.1, 0.15) is 0 Å². The Morgan fingerprint density at radius 2 is 1.83 bits per heavy atom. The van der Waals surface area contributed by atoms with Gasteiger partial charge in [0.2, 0.25) is 10.0 Å². The lowest BCUT2D eigenvalue weighted by molar-refractivity contribution is 0.423. The SMILES string of the molecule is NS(=O)(=O)c1ccccc1-c1nc(Cc2ccc(F)c(F)c2)no1. The number of aromatic nitrogens is 2. The number of halogens is 2. The summed E-state index contributed by atoms with van der Waals surface area (Å²) < 4.78 is 54.4. The molecule has 9 heteroatoms. The first-order valence-corrected chi connectivity index (χ1v) is 8.28. The number of nitrogens with two attached hydrogens (primary N) is 1. The van der Waals surface area contributed by atoms with Crippen molar-refractivity contribution in [3.63, 3.8) is 0 Å². The minimum absolute atomic E-state index is 0.0304. The Labute approximate surface area is 136 Å². The van der Waals surface area contributed by atoms with Crippen molar-refractivity contribution in [3.8, 4) is 11.5 Å². The Morgan fingerprint density at radius 1 is 1.08 bits per heavy atom. The minimum Gasteiger partial charge on any atom is -0.334 e. The first-order valence-electron chi connectivity index (χ1n) is 6.73. The fourth-order valence-corrected chi connectivity index (χ4v) is 2.89. The summed E-state index contributed by atoms with van der Waals surface area (Å²) in [4.78, 5) is 3.94. The van der Waals surface area contributed by atoms with Crippen LogP contribution >= 0.6 is 0 Å². The smallest absolute Gasteiger partial charge is 0.259 e. The van der Waals surface area contributed by atoms with Crippen LogP contribution in [-0.2, 0) is 16.4 Å². The highest BCUT2D eigenvalue weighted by molar-refractivity contribution is 7.89. The lowest BCUT2D eigenvalue weighted by Gasteiger charge is -2.02. The number of primary sulfonamides is 1. The molecule has 0 saturated heterocycles. The highest BCUT2D eigenvalue weighted by Gasteiger charge is 2.19. The molecule has 0 unspecified atom stereocenters. The first kappa shape index (κ1) is 16.2. The second-order valence-corrected chi connectivity index (χ2v) is 6.51. The molecule has 0 spiro atoms. The molecule has 3 rings (SSSR count). The molecule has 0 aliphatic carbocycles. The van der Waals surface area contributed by atoms with Crippen LogP contribution < -0.4 is 5.14 Å². The van der Waals surface area contributed by atoms with E-state index in [4.69, 9.17) is 9.66 Å². The van der Waals surface area contributed by atoms with Crippen molar-refractivity contribution in [1.29, 1.82) is 0 Å². The molecule has 2 N–H and O–H groups in total. The van der Waals surface area contributed by atoms with Crippen LogP contribution in [0.25, 0.3) is 11.5 Å². The molecule has 24 heavy (non-hydrogen) atoms. The van der Waals surface area contributed by atoms with Gasteiger partial charge < -0.3 is 4.52 Å². The van der Waals surface area contributed by atoms with Crippen molar-refractivity contribution < 1.29 is 21.7 Å². The van der Waals surface area contributed by atoms with Crippen molar-refractivity contribution in [1.82, 2.24) is 10.1 Å². The summed E-state index contributed by atoms with van der Waals surface area (Å²) in [6.07, 6.45) is 0.0955. The van der Waals surface area contributed by atoms with Crippen LogP contribution in [-0.4, -0.2) is 18.6 Å². The van der Waals surface area contributed by atoms with Gasteiger partial charge in [-0.2, -0.15) is 4.98 Å². The highest BCUT2D eigenvalue weighted by atomic mass is 32.2. The molecule has 0 aliphatic heterocycles. The zero-order valence-corrected chi connectivity index (χ0v) is 12.9. The van der Waals surface area contributed by atoms with Crippen LogP contribution in [0.3, 0.4) is 0 Å². The lowest BCUT2D eigenvalue weighted by Crippen LogP contribution is -2.13. The molecule has 2 aromatic carbocycles. The number of sulfonamides is 1. The molecular weight excluding hydrogens is 340 g/mol. The first-order chi connectivity index (χ1) is 11.3. The second-order valence-electron chi connectivity index (χ2n) is 4.98. The van der Waals surface area contributed by atoms with Gasteiger partial charge in [0.15, 0.2) is 17.5 Å². The van der Waals surface area contributed by atoms with Crippen LogP contribution in [0.5, 0.6) is 0 Å². The van der Waals surface area contributed by atoms with Crippen LogP contribution in [0.15, 0.2) is 51.9 Å². The third-order valence-corrected chi connectivity index (χ3v) is 4.21. The molecule has 1 heterocycles. The van der Waals surface area contributed by atoms with Crippen LogP contribution in [0.1, 0.15) is 11.4 Å². The monoisotopic (exact) mass is 351 g/mol. The Bertz CT molecular complexity index is 1000. The average molecular weight is 351 g/mol. The van der Waals surface area contributed by atoms with Gasteiger partial charge >= 0.3 is 0 Å². The van der Waals surface area contributed by atoms with Crippen molar-refractivity contribution >= 4 is 10.0 Å². The summed E-state index contributed by atoms with van der Waals surface area (Å²) in [5.41, 5.74) is 0.616. The number of nitrogens with zero attached hydrogens (tertiary/aromatic N) is 2. The van der Waals surface area contributed by atoms with E-state index in [1.54, 1.807) is 6.07 Å². The van der Waals surface area contributed by atoms with E-state index in [0.29, 0.717) is 5.56 Å². The Kier molecular flexibility index (Phi) is 4.12. The topological polar surface area (TPSA) is 99.1 Å². The molecule has 1 aromatic heterocycles. The summed E-state index contributed by atoms with van der Waals surface area (Å²) in [7, 11) is -3.96. The molecule has 0 atom stereocenters. The number of rotatable bonds is 4. The van der Waals surface area contributed by atoms with Gasteiger partial charge in [-0.1, -0.05) is 23.4 Å². The van der Waals surface area contributed by atoms with Crippen molar-refractivity contribution in [2.75, 3.05) is 0 Å². The molecule has 0 amide bonds. The van der Waals surface area contributed by atoms with Crippen LogP contribution in [0, 0.1) is 11.6 Å². The highest BCUT2D eigenvalue weighted by Crippen LogP contribution is 2.25. The number of hydrogen-bond acceptors (Lipinski definition) is 5. The second kappa shape index (κ2) is 6.10. The Balaban J connectivity index is 1.93. The predicted octanol–water partition coefficient (Wildman–Crippen LogP) is 2.25. The molecule has 0 fully saturated rings. The van der Waals surface area contributed by atoms with Gasteiger partial charge in [0, 0.05) is 6.42 Å². The molecule has 0 aliphatic rings. The third-order valence-electron chi connectivity index (χ3n) is 3.24. The van der Waals surface area contributed by atoms with Gasteiger partial charge in [-0.3, -0.25) is 0 Å². The van der Waals surface area contributed by atoms with E-state index in [1.807, 2.05) is 0 Å². The van der Waals surface area contributed by atoms with E-state index in [1.165, 1.54) is 24.3 Å². The third kappa shape index (κ3) is 3.31. The predicted molar refractivity (Wildman–Crippen MR) is 80.3 cm³/mol. The molecule has 0 radical (unpaired) electrons. The quantitative estimate of drug-likeness (QED) is 0.777. The van der Waals surface area contributed by atoms with Crippen LogP contribution in [0.4, 0.5) is 8.78 Å². The van der Waals surface area contributed by atoms with E-state index in [0.717, 1.165) is 12.1 Å². The zero-order valence-electron chi connectivity index (χ0n) is 12.1.